The molecule has 0 unspecified atom stereocenters. The second-order valence-corrected chi connectivity index (χ2v) is 7.78. The van der Waals surface area contributed by atoms with Crippen LogP contribution in [-0.2, 0) is 13.0 Å². The molecule has 152 valence electrons. The highest BCUT2D eigenvalue weighted by Gasteiger charge is 2.30. The van der Waals surface area contributed by atoms with Gasteiger partial charge in [0.15, 0.2) is 0 Å². The lowest BCUT2D eigenvalue weighted by molar-refractivity contribution is 0.0720. The third-order valence-electron chi connectivity index (χ3n) is 4.84. The van der Waals surface area contributed by atoms with Gasteiger partial charge < -0.3 is 10.1 Å². The fourth-order valence-electron chi connectivity index (χ4n) is 3.22. The van der Waals surface area contributed by atoms with Crippen molar-refractivity contribution in [1.29, 1.82) is 0 Å². The molecule has 2 N–H and O–H groups in total. The SMILES string of the molecule is C/C=C(\C)F.CC.C[C@@H]1Cc2c([nH]c3ccccc23)CN1CC(C)(C)CO. The standard InChI is InChI=1S/C17H24N2O.C4H7F.C2H6/c1-12-8-14-13-6-4-5-7-15(13)18-16(14)9-19(12)10-17(2,3)11-20;1-3-4(2)5;1-2/h4-7,12,18,20H,8-11H2,1-3H3;3H,1-2H3;1-2H3/b;4-3+;/t12-;;/m1../s1. The lowest BCUT2D eigenvalue weighted by Crippen LogP contribution is -2.44. The maximum Gasteiger partial charge on any atom is 0.0926 e. The number of nitrogens with zero attached hydrogens (tertiary/aromatic N) is 1. The largest absolute Gasteiger partial charge is 0.396 e. The molecule has 0 aliphatic carbocycles. The molecule has 1 aromatic carbocycles. The summed E-state index contributed by atoms with van der Waals surface area (Å²) in [6, 6.07) is 9.08. The molecule has 2 heterocycles. The first-order valence-corrected chi connectivity index (χ1v) is 9.99. The molecular formula is C23H37FN2O. The number of benzene rings is 1. The van der Waals surface area contributed by atoms with Crippen LogP contribution < -0.4 is 0 Å². The van der Waals surface area contributed by atoms with Gasteiger partial charge in [-0.2, -0.15) is 0 Å². The molecule has 0 spiro atoms. The van der Waals surface area contributed by atoms with E-state index in [1.807, 2.05) is 13.8 Å². The zero-order chi connectivity index (χ0) is 20.6. The highest BCUT2D eigenvalue weighted by molar-refractivity contribution is 5.84. The average Bonchev–Trinajstić information content (AvgIpc) is 3.01. The van der Waals surface area contributed by atoms with E-state index in [2.05, 4.69) is 54.9 Å². The van der Waals surface area contributed by atoms with Crippen LogP contribution in [0.4, 0.5) is 4.39 Å². The second-order valence-electron chi connectivity index (χ2n) is 7.78. The van der Waals surface area contributed by atoms with Gasteiger partial charge in [-0.1, -0.05) is 52.0 Å². The summed E-state index contributed by atoms with van der Waals surface area (Å²) < 4.78 is 11.3. The van der Waals surface area contributed by atoms with E-state index in [9.17, 15) is 9.50 Å². The zero-order valence-electron chi connectivity index (χ0n) is 18.1. The predicted molar refractivity (Wildman–Crippen MR) is 115 cm³/mol. The number of allylic oxidation sites excluding steroid dienone is 2. The summed E-state index contributed by atoms with van der Waals surface area (Å²) in [5, 5.41) is 10.9. The molecule has 1 aliphatic heterocycles. The summed E-state index contributed by atoms with van der Waals surface area (Å²) >= 11 is 0. The highest BCUT2D eigenvalue weighted by atomic mass is 19.1. The Kier molecular flexibility index (Phi) is 9.20. The molecule has 27 heavy (non-hydrogen) atoms. The van der Waals surface area contributed by atoms with Crippen molar-refractivity contribution in [2.75, 3.05) is 13.2 Å². The van der Waals surface area contributed by atoms with Crippen molar-refractivity contribution in [3.63, 3.8) is 0 Å². The first-order valence-electron chi connectivity index (χ1n) is 9.99. The molecule has 3 nitrogen and oxygen atoms in total. The third-order valence-corrected chi connectivity index (χ3v) is 4.84. The van der Waals surface area contributed by atoms with Crippen molar-refractivity contribution in [2.45, 2.75) is 67.5 Å². The van der Waals surface area contributed by atoms with Gasteiger partial charge in [-0.05, 0) is 38.8 Å². The van der Waals surface area contributed by atoms with E-state index < -0.39 is 0 Å². The molecule has 0 radical (unpaired) electrons. The molecule has 3 rings (SSSR count). The number of fused-ring (bicyclic) bond motifs is 3. The molecule has 0 amide bonds. The number of hydrogen-bond acceptors (Lipinski definition) is 2. The van der Waals surface area contributed by atoms with E-state index in [1.54, 1.807) is 6.92 Å². The number of nitrogens with one attached hydrogen (secondary N) is 1. The number of halogens is 1. The van der Waals surface area contributed by atoms with E-state index in [-0.39, 0.29) is 17.8 Å². The minimum absolute atomic E-state index is 0.0439. The lowest BCUT2D eigenvalue weighted by atomic mass is 9.90. The van der Waals surface area contributed by atoms with Gasteiger partial charge in [-0.15, -0.1) is 0 Å². The van der Waals surface area contributed by atoms with Crippen molar-refractivity contribution < 1.29 is 9.50 Å². The van der Waals surface area contributed by atoms with Crippen LogP contribution in [0, 0.1) is 5.41 Å². The summed E-state index contributed by atoms with van der Waals surface area (Å²) in [6.45, 7) is 15.7. The van der Waals surface area contributed by atoms with E-state index in [0.29, 0.717) is 6.04 Å². The maximum atomic E-state index is 11.3. The molecule has 1 atom stereocenters. The van der Waals surface area contributed by atoms with Gasteiger partial charge in [0.2, 0.25) is 0 Å². The Balaban J connectivity index is 0.000000454. The van der Waals surface area contributed by atoms with Gasteiger partial charge >= 0.3 is 0 Å². The molecule has 0 fully saturated rings. The summed E-state index contributed by atoms with van der Waals surface area (Å²) in [5.41, 5.74) is 4.02. The van der Waals surface area contributed by atoms with E-state index in [0.717, 1.165) is 19.5 Å². The molecule has 0 saturated carbocycles. The van der Waals surface area contributed by atoms with Gasteiger partial charge in [-0.25, -0.2) is 4.39 Å². The molecule has 1 aromatic heterocycles. The second kappa shape index (κ2) is 10.6. The molecule has 4 heteroatoms. The molecule has 0 bridgehead atoms. The van der Waals surface area contributed by atoms with Gasteiger partial charge in [0, 0.05) is 47.8 Å². The van der Waals surface area contributed by atoms with Gasteiger partial charge in [0.25, 0.3) is 0 Å². The minimum Gasteiger partial charge on any atom is -0.396 e. The highest BCUT2D eigenvalue weighted by Crippen LogP contribution is 2.31. The van der Waals surface area contributed by atoms with Crippen LogP contribution in [0.15, 0.2) is 36.2 Å². The number of aliphatic hydroxyl groups is 1. The van der Waals surface area contributed by atoms with Crippen LogP contribution in [0.3, 0.4) is 0 Å². The van der Waals surface area contributed by atoms with E-state index >= 15 is 0 Å². The number of rotatable bonds is 3. The number of aromatic amines is 1. The Hall–Kier alpha value is -1.65. The number of aliphatic hydroxyl groups excluding tert-OH is 1. The molecule has 0 saturated heterocycles. The molecular weight excluding hydrogens is 339 g/mol. The van der Waals surface area contributed by atoms with Gasteiger partial charge in [0.05, 0.1) is 5.83 Å². The van der Waals surface area contributed by atoms with Gasteiger partial charge in [0.1, 0.15) is 0 Å². The number of hydrogen-bond donors (Lipinski definition) is 2. The number of para-hydroxylation sites is 1. The summed E-state index contributed by atoms with van der Waals surface area (Å²) in [7, 11) is 0. The Labute approximate surface area is 164 Å². The Bertz CT molecular complexity index is 729. The number of H-pyrrole nitrogens is 1. The first-order chi connectivity index (χ1) is 12.8. The Morgan fingerprint density at radius 1 is 1.33 bits per heavy atom. The Morgan fingerprint density at radius 3 is 2.48 bits per heavy atom. The monoisotopic (exact) mass is 376 g/mol. The van der Waals surface area contributed by atoms with Crippen molar-refractivity contribution in [1.82, 2.24) is 9.88 Å². The minimum atomic E-state index is -0.120. The smallest absolute Gasteiger partial charge is 0.0926 e. The number of aromatic nitrogens is 1. The van der Waals surface area contributed by atoms with Crippen LogP contribution in [0.1, 0.15) is 59.7 Å². The van der Waals surface area contributed by atoms with Crippen LogP contribution in [-0.4, -0.2) is 34.2 Å². The van der Waals surface area contributed by atoms with Crippen LogP contribution in [0.5, 0.6) is 0 Å². The molecule has 1 aliphatic rings. The maximum absolute atomic E-state index is 11.3. The van der Waals surface area contributed by atoms with Gasteiger partial charge in [-0.3, -0.25) is 4.90 Å². The fraction of sp³-hybridized carbons (Fsp3) is 0.565. The van der Waals surface area contributed by atoms with Crippen molar-refractivity contribution >= 4 is 10.9 Å². The first kappa shape index (κ1) is 23.4. The average molecular weight is 377 g/mol. The fourth-order valence-corrected chi connectivity index (χ4v) is 3.22. The van der Waals surface area contributed by atoms with Crippen LogP contribution >= 0.6 is 0 Å². The van der Waals surface area contributed by atoms with Crippen LogP contribution in [0.2, 0.25) is 0 Å². The summed E-state index contributed by atoms with van der Waals surface area (Å²) in [4.78, 5) is 6.05. The quantitative estimate of drug-likeness (QED) is 0.706. The van der Waals surface area contributed by atoms with Crippen molar-refractivity contribution in [2.24, 2.45) is 5.41 Å². The Morgan fingerprint density at radius 2 is 1.93 bits per heavy atom. The van der Waals surface area contributed by atoms with Crippen molar-refractivity contribution in [3.05, 3.63) is 47.4 Å². The summed E-state index contributed by atoms with van der Waals surface area (Å²) in [6.07, 6.45) is 2.50. The molecule has 2 aromatic rings. The third kappa shape index (κ3) is 6.47. The topological polar surface area (TPSA) is 39.3 Å². The van der Waals surface area contributed by atoms with E-state index in [1.165, 1.54) is 35.2 Å². The van der Waals surface area contributed by atoms with E-state index in [4.69, 9.17) is 0 Å². The lowest BCUT2D eigenvalue weighted by Gasteiger charge is -2.38. The zero-order valence-corrected chi connectivity index (χ0v) is 18.1. The summed E-state index contributed by atoms with van der Waals surface area (Å²) in [5.74, 6) is -0.120. The van der Waals surface area contributed by atoms with Crippen LogP contribution in [0.25, 0.3) is 10.9 Å². The van der Waals surface area contributed by atoms with Crippen molar-refractivity contribution in [3.8, 4) is 0 Å². The normalized spacial score (nSPS) is 17.5. The predicted octanol–water partition coefficient (Wildman–Crippen LogP) is 5.84.